The maximum Gasteiger partial charge on any atom is 0.336 e. The molecule has 0 spiro atoms. The SMILES string of the molecule is CCc1cccc2c(C(=O)O)cc(C3CCNC3)nc12. The van der Waals surface area contributed by atoms with Crippen molar-refractivity contribution in [3.05, 3.63) is 41.1 Å². The number of para-hydroxylation sites is 1. The Balaban J connectivity index is 2.25. The Morgan fingerprint density at radius 3 is 3.00 bits per heavy atom. The highest BCUT2D eigenvalue weighted by Gasteiger charge is 2.21. The average Bonchev–Trinajstić information content (AvgIpc) is 2.99. The van der Waals surface area contributed by atoms with E-state index in [1.807, 2.05) is 18.2 Å². The molecule has 1 aliphatic rings. The molecule has 1 aliphatic heterocycles. The number of carboxylic acids is 1. The molecule has 2 aromatic rings. The number of nitrogens with one attached hydrogen (secondary N) is 1. The summed E-state index contributed by atoms with van der Waals surface area (Å²) >= 11 is 0. The van der Waals surface area contributed by atoms with Crippen LogP contribution in [-0.4, -0.2) is 29.1 Å². The lowest BCUT2D eigenvalue weighted by Gasteiger charge is -2.13. The number of carbonyl (C=O) groups is 1. The number of aromatic nitrogens is 1. The van der Waals surface area contributed by atoms with Crippen molar-refractivity contribution in [2.45, 2.75) is 25.7 Å². The Hall–Kier alpha value is -1.94. The molecule has 104 valence electrons. The quantitative estimate of drug-likeness (QED) is 0.900. The number of aromatic carboxylic acids is 1. The highest BCUT2D eigenvalue weighted by Crippen LogP contribution is 2.28. The second-order valence-electron chi connectivity index (χ2n) is 5.26. The van der Waals surface area contributed by atoms with Crippen LogP contribution in [0.3, 0.4) is 0 Å². The predicted molar refractivity (Wildman–Crippen MR) is 78.3 cm³/mol. The van der Waals surface area contributed by atoms with Gasteiger partial charge in [-0.05, 0) is 31.0 Å². The third-order valence-corrected chi connectivity index (χ3v) is 4.03. The molecule has 1 unspecified atom stereocenters. The summed E-state index contributed by atoms with van der Waals surface area (Å²) in [6.07, 6.45) is 1.88. The first-order chi connectivity index (χ1) is 9.70. The average molecular weight is 270 g/mol. The normalized spacial score (nSPS) is 18.6. The first-order valence-electron chi connectivity index (χ1n) is 7.07. The highest BCUT2D eigenvalue weighted by atomic mass is 16.4. The smallest absolute Gasteiger partial charge is 0.336 e. The van der Waals surface area contributed by atoms with E-state index in [-0.39, 0.29) is 0 Å². The lowest BCUT2D eigenvalue weighted by molar-refractivity contribution is 0.0699. The minimum Gasteiger partial charge on any atom is -0.478 e. The van der Waals surface area contributed by atoms with E-state index in [2.05, 4.69) is 12.2 Å². The van der Waals surface area contributed by atoms with Crippen LogP contribution in [0.1, 0.15) is 40.9 Å². The van der Waals surface area contributed by atoms with Crippen molar-refractivity contribution in [2.75, 3.05) is 13.1 Å². The molecule has 1 aromatic heterocycles. The number of fused-ring (bicyclic) bond motifs is 1. The molecule has 3 rings (SSSR count). The number of benzene rings is 1. The molecule has 2 N–H and O–H groups in total. The third-order valence-electron chi connectivity index (χ3n) is 4.03. The van der Waals surface area contributed by atoms with Gasteiger partial charge in [-0.25, -0.2) is 4.79 Å². The largest absolute Gasteiger partial charge is 0.478 e. The molecule has 0 amide bonds. The zero-order valence-corrected chi connectivity index (χ0v) is 11.5. The summed E-state index contributed by atoms with van der Waals surface area (Å²) in [5, 5.41) is 13.5. The van der Waals surface area contributed by atoms with Crippen LogP contribution in [0.2, 0.25) is 0 Å². The maximum absolute atomic E-state index is 11.5. The minimum absolute atomic E-state index is 0.322. The van der Waals surface area contributed by atoms with E-state index in [0.717, 1.165) is 48.1 Å². The topological polar surface area (TPSA) is 62.2 Å². The monoisotopic (exact) mass is 270 g/mol. The van der Waals surface area contributed by atoms with E-state index >= 15 is 0 Å². The lowest BCUT2D eigenvalue weighted by Crippen LogP contribution is -2.11. The fraction of sp³-hybridized carbons (Fsp3) is 0.375. The van der Waals surface area contributed by atoms with Crippen molar-refractivity contribution < 1.29 is 9.90 Å². The molecule has 4 heteroatoms. The van der Waals surface area contributed by atoms with E-state index in [9.17, 15) is 9.90 Å². The van der Waals surface area contributed by atoms with Gasteiger partial charge < -0.3 is 10.4 Å². The van der Waals surface area contributed by atoms with E-state index < -0.39 is 5.97 Å². The number of carboxylic acid groups (broad SMARTS) is 1. The molecule has 0 bridgehead atoms. The second-order valence-corrected chi connectivity index (χ2v) is 5.26. The van der Waals surface area contributed by atoms with Crippen molar-refractivity contribution in [3.63, 3.8) is 0 Å². The number of rotatable bonds is 3. The van der Waals surface area contributed by atoms with Crippen LogP contribution in [0.25, 0.3) is 10.9 Å². The van der Waals surface area contributed by atoms with Crippen LogP contribution < -0.4 is 5.32 Å². The van der Waals surface area contributed by atoms with E-state index in [1.54, 1.807) is 6.07 Å². The zero-order valence-electron chi connectivity index (χ0n) is 11.5. The van der Waals surface area contributed by atoms with Crippen molar-refractivity contribution in [1.29, 1.82) is 0 Å². The summed E-state index contributed by atoms with van der Waals surface area (Å²) in [4.78, 5) is 16.3. The Kier molecular flexibility index (Phi) is 3.40. The van der Waals surface area contributed by atoms with E-state index in [4.69, 9.17) is 4.98 Å². The Morgan fingerprint density at radius 1 is 1.50 bits per heavy atom. The Bertz CT molecular complexity index is 661. The molecule has 1 atom stereocenters. The van der Waals surface area contributed by atoms with Gasteiger partial charge in [0.05, 0.1) is 11.1 Å². The first-order valence-corrected chi connectivity index (χ1v) is 7.07. The van der Waals surface area contributed by atoms with Crippen LogP contribution in [0, 0.1) is 0 Å². The van der Waals surface area contributed by atoms with Crippen LogP contribution in [0.4, 0.5) is 0 Å². The highest BCUT2D eigenvalue weighted by molar-refractivity contribution is 6.03. The number of nitrogens with zero attached hydrogens (tertiary/aromatic N) is 1. The van der Waals surface area contributed by atoms with Gasteiger partial charge in [-0.1, -0.05) is 25.1 Å². The number of aryl methyl sites for hydroxylation is 1. The van der Waals surface area contributed by atoms with E-state index in [0.29, 0.717) is 11.5 Å². The fourth-order valence-corrected chi connectivity index (χ4v) is 2.91. The van der Waals surface area contributed by atoms with Gasteiger partial charge in [0.15, 0.2) is 0 Å². The number of hydrogen-bond donors (Lipinski definition) is 2. The van der Waals surface area contributed by atoms with Gasteiger partial charge in [0, 0.05) is 23.5 Å². The van der Waals surface area contributed by atoms with Gasteiger partial charge in [0.1, 0.15) is 0 Å². The van der Waals surface area contributed by atoms with Crippen molar-refractivity contribution in [1.82, 2.24) is 10.3 Å². The predicted octanol–water partition coefficient (Wildman–Crippen LogP) is 2.57. The summed E-state index contributed by atoms with van der Waals surface area (Å²) < 4.78 is 0. The van der Waals surface area contributed by atoms with Crippen LogP contribution in [0.15, 0.2) is 24.3 Å². The van der Waals surface area contributed by atoms with Crippen molar-refractivity contribution in [2.24, 2.45) is 0 Å². The van der Waals surface area contributed by atoms with Gasteiger partial charge in [-0.15, -0.1) is 0 Å². The lowest BCUT2D eigenvalue weighted by atomic mass is 9.97. The number of hydrogen-bond acceptors (Lipinski definition) is 3. The first kappa shape index (κ1) is 13.1. The number of pyridine rings is 1. The molecular weight excluding hydrogens is 252 g/mol. The summed E-state index contributed by atoms with van der Waals surface area (Å²) in [6, 6.07) is 7.53. The summed E-state index contributed by atoms with van der Waals surface area (Å²) in [5.41, 5.74) is 3.22. The molecule has 20 heavy (non-hydrogen) atoms. The van der Waals surface area contributed by atoms with Gasteiger partial charge >= 0.3 is 5.97 Å². The van der Waals surface area contributed by atoms with Crippen molar-refractivity contribution >= 4 is 16.9 Å². The molecule has 1 aromatic carbocycles. The van der Waals surface area contributed by atoms with Gasteiger partial charge in [0.25, 0.3) is 0 Å². The van der Waals surface area contributed by atoms with Crippen LogP contribution in [-0.2, 0) is 6.42 Å². The molecule has 4 nitrogen and oxygen atoms in total. The van der Waals surface area contributed by atoms with Gasteiger partial charge in [0.2, 0.25) is 0 Å². The second kappa shape index (κ2) is 5.21. The Morgan fingerprint density at radius 2 is 2.35 bits per heavy atom. The molecule has 1 fully saturated rings. The van der Waals surface area contributed by atoms with Gasteiger partial charge in [-0.3, -0.25) is 4.98 Å². The van der Waals surface area contributed by atoms with E-state index in [1.165, 1.54) is 0 Å². The minimum atomic E-state index is -0.877. The van der Waals surface area contributed by atoms with Crippen molar-refractivity contribution in [3.8, 4) is 0 Å². The summed E-state index contributed by atoms with van der Waals surface area (Å²) in [6.45, 7) is 3.93. The summed E-state index contributed by atoms with van der Waals surface area (Å²) in [7, 11) is 0. The van der Waals surface area contributed by atoms with Crippen LogP contribution in [0.5, 0.6) is 0 Å². The molecular formula is C16H18N2O2. The van der Waals surface area contributed by atoms with Gasteiger partial charge in [-0.2, -0.15) is 0 Å². The zero-order chi connectivity index (χ0) is 14.1. The third kappa shape index (κ3) is 2.16. The molecule has 2 heterocycles. The Labute approximate surface area is 117 Å². The fourth-order valence-electron chi connectivity index (χ4n) is 2.91. The standard InChI is InChI=1S/C16H18N2O2/c1-2-10-4-3-5-12-13(16(19)20)8-14(18-15(10)12)11-6-7-17-9-11/h3-5,8,11,17H,2,6-7,9H2,1H3,(H,19,20). The maximum atomic E-state index is 11.5. The summed E-state index contributed by atoms with van der Waals surface area (Å²) in [5.74, 6) is -0.555. The molecule has 0 radical (unpaired) electrons. The molecule has 0 aliphatic carbocycles. The molecule has 1 saturated heterocycles. The van der Waals surface area contributed by atoms with Crippen LogP contribution >= 0.6 is 0 Å². The molecule has 0 saturated carbocycles.